The van der Waals surface area contributed by atoms with Crippen molar-refractivity contribution < 1.29 is 9.53 Å². The van der Waals surface area contributed by atoms with Gasteiger partial charge in [0.1, 0.15) is 5.75 Å². The smallest absolute Gasteiger partial charge is 0.257 e. The van der Waals surface area contributed by atoms with Crippen LogP contribution in [0.5, 0.6) is 5.75 Å². The molecule has 5 heteroatoms. The molecule has 1 aromatic heterocycles. The molecule has 25 heavy (non-hydrogen) atoms. The molecule has 0 aliphatic carbocycles. The van der Waals surface area contributed by atoms with E-state index in [9.17, 15) is 4.79 Å². The van der Waals surface area contributed by atoms with Crippen molar-refractivity contribution in [3.63, 3.8) is 0 Å². The normalized spacial score (nSPS) is 14.7. The minimum atomic E-state index is -0.173. The summed E-state index contributed by atoms with van der Waals surface area (Å²) in [4.78, 5) is 19.3. The zero-order chi connectivity index (χ0) is 17.6. The van der Waals surface area contributed by atoms with Crippen molar-refractivity contribution in [3.8, 4) is 5.75 Å². The van der Waals surface area contributed by atoms with Crippen LogP contribution in [0.2, 0.25) is 0 Å². The zero-order valence-corrected chi connectivity index (χ0v) is 14.9. The van der Waals surface area contributed by atoms with Gasteiger partial charge >= 0.3 is 0 Å². The number of benzene rings is 1. The van der Waals surface area contributed by atoms with Crippen LogP contribution < -0.4 is 15.0 Å². The maximum Gasteiger partial charge on any atom is 0.257 e. The van der Waals surface area contributed by atoms with Gasteiger partial charge in [0.25, 0.3) is 5.91 Å². The van der Waals surface area contributed by atoms with Crippen LogP contribution in [0.4, 0.5) is 11.4 Å². The molecule has 1 amide bonds. The number of hydrogen-bond donors (Lipinski definition) is 1. The number of carbonyl (C=O) groups is 1. The Morgan fingerprint density at radius 2 is 1.88 bits per heavy atom. The van der Waals surface area contributed by atoms with Gasteiger partial charge in [-0.1, -0.05) is 18.9 Å². The average molecular weight is 339 g/mol. The van der Waals surface area contributed by atoms with Crippen LogP contribution in [-0.2, 0) is 0 Å². The first-order valence-electron chi connectivity index (χ1n) is 8.83. The van der Waals surface area contributed by atoms with E-state index in [4.69, 9.17) is 4.74 Å². The molecule has 2 aromatic rings. The third-order valence-corrected chi connectivity index (χ3v) is 4.56. The number of anilines is 2. The molecule has 1 saturated heterocycles. The first-order valence-corrected chi connectivity index (χ1v) is 8.83. The zero-order valence-electron chi connectivity index (χ0n) is 14.9. The number of hydrogen-bond acceptors (Lipinski definition) is 4. The van der Waals surface area contributed by atoms with E-state index >= 15 is 0 Å². The van der Waals surface area contributed by atoms with E-state index in [0.717, 1.165) is 24.3 Å². The number of aryl methyl sites for hydroxylation is 1. The fraction of sp³-hybridized carbons (Fsp3) is 0.400. The Bertz CT molecular complexity index is 737. The van der Waals surface area contributed by atoms with Gasteiger partial charge in [0.2, 0.25) is 0 Å². The minimum absolute atomic E-state index is 0.173. The van der Waals surface area contributed by atoms with Gasteiger partial charge in [-0.2, -0.15) is 0 Å². The molecule has 5 nitrogen and oxygen atoms in total. The van der Waals surface area contributed by atoms with Crippen molar-refractivity contribution in [2.24, 2.45) is 0 Å². The monoisotopic (exact) mass is 339 g/mol. The molecule has 0 atom stereocenters. The SMILES string of the molecule is COc1ccc(C)cc1NC(=O)c1cncc(N2CCCCCC2)c1. The predicted octanol–water partition coefficient (Wildman–Crippen LogP) is 4.03. The van der Waals surface area contributed by atoms with E-state index in [-0.39, 0.29) is 5.91 Å². The summed E-state index contributed by atoms with van der Waals surface area (Å²) in [7, 11) is 1.60. The third kappa shape index (κ3) is 4.29. The second-order valence-electron chi connectivity index (χ2n) is 6.49. The maximum absolute atomic E-state index is 12.7. The topological polar surface area (TPSA) is 54.5 Å². The first-order chi connectivity index (χ1) is 12.2. The van der Waals surface area contributed by atoms with E-state index in [2.05, 4.69) is 15.2 Å². The summed E-state index contributed by atoms with van der Waals surface area (Å²) in [6.45, 7) is 4.04. The average Bonchev–Trinajstić information content (AvgIpc) is 2.91. The molecule has 0 unspecified atom stereocenters. The second kappa shape index (κ2) is 8.01. The molecule has 1 aliphatic rings. The number of pyridine rings is 1. The lowest BCUT2D eigenvalue weighted by atomic mass is 10.2. The molecular formula is C20H25N3O2. The number of nitrogens with zero attached hydrogens (tertiary/aromatic N) is 2. The van der Waals surface area contributed by atoms with E-state index in [1.165, 1.54) is 25.7 Å². The molecule has 1 fully saturated rings. The highest BCUT2D eigenvalue weighted by molar-refractivity contribution is 6.05. The van der Waals surface area contributed by atoms with Gasteiger partial charge in [-0.05, 0) is 43.5 Å². The standard InChI is InChI=1S/C20H25N3O2/c1-15-7-8-19(25-2)18(11-15)22-20(24)16-12-17(14-21-13-16)23-9-5-3-4-6-10-23/h7-8,11-14H,3-6,9-10H2,1-2H3,(H,22,24). The molecule has 2 heterocycles. The molecule has 1 aromatic carbocycles. The number of aromatic nitrogens is 1. The summed E-state index contributed by atoms with van der Waals surface area (Å²) in [6, 6.07) is 7.64. The summed E-state index contributed by atoms with van der Waals surface area (Å²) in [5, 5.41) is 2.94. The van der Waals surface area contributed by atoms with E-state index < -0.39 is 0 Å². The van der Waals surface area contributed by atoms with Gasteiger partial charge < -0.3 is 15.0 Å². The van der Waals surface area contributed by atoms with Gasteiger partial charge in [0.15, 0.2) is 0 Å². The third-order valence-electron chi connectivity index (χ3n) is 4.56. The second-order valence-corrected chi connectivity index (χ2v) is 6.49. The fourth-order valence-electron chi connectivity index (χ4n) is 3.17. The molecule has 0 bridgehead atoms. The number of amides is 1. The number of ether oxygens (including phenoxy) is 1. The summed E-state index contributed by atoms with van der Waals surface area (Å²) in [5.74, 6) is 0.476. The van der Waals surface area contributed by atoms with Crippen molar-refractivity contribution in [1.82, 2.24) is 4.98 Å². The number of nitrogens with one attached hydrogen (secondary N) is 1. The quantitative estimate of drug-likeness (QED) is 0.914. The number of carbonyl (C=O) groups excluding carboxylic acids is 1. The van der Waals surface area contributed by atoms with E-state index in [1.54, 1.807) is 13.3 Å². The molecule has 0 spiro atoms. The number of rotatable bonds is 4. The molecule has 132 valence electrons. The van der Waals surface area contributed by atoms with E-state index in [1.807, 2.05) is 37.4 Å². The summed E-state index contributed by atoms with van der Waals surface area (Å²) in [5.41, 5.74) is 3.32. The van der Waals surface area contributed by atoms with Crippen molar-refractivity contribution >= 4 is 17.3 Å². The Morgan fingerprint density at radius 3 is 2.60 bits per heavy atom. The van der Waals surface area contributed by atoms with Crippen molar-refractivity contribution in [2.45, 2.75) is 32.6 Å². The summed E-state index contributed by atoms with van der Waals surface area (Å²) < 4.78 is 5.33. The molecule has 0 saturated carbocycles. The van der Waals surface area contributed by atoms with Gasteiger partial charge in [0, 0.05) is 19.3 Å². The predicted molar refractivity (Wildman–Crippen MR) is 101 cm³/mol. The van der Waals surface area contributed by atoms with Crippen molar-refractivity contribution in [3.05, 3.63) is 47.8 Å². The lowest BCUT2D eigenvalue weighted by Crippen LogP contribution is -2.24. The Kier molecular flexibility index (Phi) is 5.53. The summed E-state index contributed by atoms with van der Waals surface area (Å²) >= 11 is 0. The first kappa shape index (κ1) is 17.3. The van der Waals surface area contributed by atoms with Crippen LogP contribution in [0.3, 0.4) is 0 Å². The molecule has 1 aliphatic heterocycles. The Morgan fingerprint density at radius 1 is 1.12 bits per heavy atom. The Labute approximate surface area is 149 Å². The molecule has 1 N–H and O–H groups in total. The van der Waals surface area contributed by atoms with Crippen LogP contribution in [0.1, 0.15) is 41.6 Å². The highest BCUT2D eigenvalue weighted by atomic mass is 16.5. The largest absolute Gasteiger partial charge is 0.495 e. The Hall–Kier alpha value is -2.56. The Balaban J connectivity index is 1.78. The highest BCUT2D eigenvalue weighted by Gasteiger charge is 2.14. The van der Waals surface area contributed by atoms with Gasteiger partial charge in [0.05, 0.1) is 30.2 Å². The maximum atomic E-state index is 12.7. The molecule has 3 rings (SSSR count). The van der Waals surface area contributed by atoms with Gasteiger partial charge in [-0.3, -0.25) is 9.78 Å². The lowest BCUT2D eigenvalue weighted by molar-refractivity contribution is 0.102. The number of methoxy groups -OCH3 is 1. The van der Waals surface area contributed by atoms with Crippen LogP contribution in [-0.4, -0.2) is 31.1 Å². The summed E-state index contributed by atoms with van der Waals surface area (Å²) in [6.07, 6.45) is 8.39. The van der Waals surface area contributed by atoms with Gasteiger partial charge in [-0.15, -0.1) is 0 Å². The van der Waals surface area contributed by atoms with Crippen LogP contribution in [0.15, 0.2) is 36.7 Å². The fourth-order valence-corrected chi connectivity index (χ4v) is 3.17. The molecular weight excluding hydrogens is 314 g/mol. The van der Waals surface area contributed by atoms with Crippen molar-refractivity contribution in [2.75, 3.05) is 30.4 Å². The van der Waals surface area contributed by atoms with Gasteiger partial charge in [-0.25, -0.2) is 0 Å². The van der Waals surface area contributed by atoms with Crippen LogP contribution in [0.25, 0.3) is 0 Å². The lowest BCUT2D eigenvalue weighted by Gasteiger charge is -2.22. The van der Waals surface area contributed by atoms with Crippen molar-refractivity contribution in [1.29, 1.82) is 0 Å². The van der Waals surface area contributed by atoms with E-state index in [0.29, 0.717) is 17.0 Å². The molecule has 0 radical (unpaired) electrons. The van der Waals surface area contributed by atoms with Crippen LogP contribution >= 0.6 is 0 Å². The minimum Gasteiger partial charge on any atom is -0.495 e. The highest BCUT2D eigenvalue weighted by Crippen LogP contribution is 2.26. The van der Waals surface area contributed by atoms with Crippen LogP contribution in [0, 0.1) is 6.92 Å².